The average molecular weight is 609 g/mol. The Morgan fingerprint density at radius 3 is 1.80 bits per heavy atom. The summed E-state index contributed by atoms with van der Waals surface area (Å²) in [7, 11) is 0. The molecule has 4 atom stereocenters. The number of aromatic amines is 1. The lowest BCUT2D eigenvalue weighted by Crippen LogP contribution is -2.46. The number of fused-ring (bicyclic) bond motifs is 1. The molecule has 1 fully saturated rings. The Hall–Kier alpha value is -5.95. The van der Waals surface area contributed by atoms with Crippen LogP contribution in [-0.4, -0.2) is 62.3 Å². The fourth-order valence-electron chi connectivity index (χ4n) is 4.85. The number of benzene rings is 3. The number of carbonyl (C=O) groups excluding carboxylic acids is 3. The van der Waals surface area contributed by atoms with Gasteiger partial charge in [0.1, 0.15) is 12.7 Å². The van der Waals surface area contributed by atoms with Crippen LogP contribution in [0.15, 0.2) is 113 Å². The van der Waals surface area contributed by atoms with Gasteiger partial charge < -0.3 is 18.9 Å². The monoisotopic (exact) mass is 608 g/mol. The Morgan fingerprint density at radius 1 is 0.711 bits per heavy atom. The minimum Gasteiger partial charge on any atom is -0.459 e. The predicted molar refractivity (Wildman–Crippen MR) is 156 cm³/mol. The van der Waals surface area contributed by atoms with E-state index in [1.807, 2.05) is 0 Å². The molecule has 13 nitrogen and oxygen atoms in total. The van der Waals surface area contributed by atoms with E-state index in [9.17, 15) is 24.0 Å². The minimum absolute atomic E-state index is 0.0695. The zero-order chi connectivity index (χ0) is 31.3. The van der Waals surface area contributed by atoms with Crippen molar-refractivity contribution < 1.29 is 33.3 Å². The van der Waals surface area contributed by atoms with Gasteiger partial charge in [-0.3, -0.25) is 9.78 Å². The number of esters is 3. The van der Waals surface area contributed by atoms with Gasteiger partial charge in [0, 0.05) is 12.4 Å². The molecule has 0 bridgehead atoms. The van der Waals surface area contributed by atoms with E-state index in [-0.39, 0.29) is 27.9 Å². The number of nitrogens with zero attached hydrogens (tertiary/aromatic N) is 3. The summed E-state index contributed by atoms with van der Waals surface area (Å²) in [5.74, 6) is -2.36. The van der Waals surface area contributed by atoms with E-state index in [1.165, 1.54) is 36.7 Å². The Labute approximate surface area is 254 Å². The van der Waals surface area contributed by atoms with Gasteiger partial charge in [-0.25, -0.2) is 33.7 Å². The lowest BCUT2D eigenvalue weighted by molar-refractivity contribution is -0.0650. The smallest absolute Gasteiger partial charge is 0.338 e. The zero-order valence-electron chi connectivity index (χ0n) is 23.3. The van der Waals surface area contributed by atoms with E-state index >= 15 is 0 Å². The predicted octanol–water partition coefficient (Wildman–Crippen LogP) is 2.69. The van der Waals surface area contributed by atoms with Crippen LogP contribution in [0.3, 0.4) is 0 Å². The molecule has 1 saturated heterocycles. The van der Waals surface area contributed by atoms with Crippen molar-refractivity contribution in [1.82, 2.24) is 19.5 Å². The average Bonchev–Trinajstić information content (AvgIpc) is 3.40. The topological polar surface area (TPSA) is 169 Å². The van der Waals surface area contributed by atoms with Crippen molar-refractivity contribution in [3.63, 3.8) is 0 Å². The lowest BCUT2D eigenvalue weighted by Gasteiger charge is -2.24. The van der Waals surface area contributed by atoms with Gasteiger partial charge in [0.25, 0.3) is 5.56 Å². The standard InChI is InChI=1S/C32H24N4O9/c37-27-23-26(34-17-16-33-23)35-32(41)36(27)28-25(45-31(40)21-14-8-3-9-15-21)24(44-30(39)20-12-6-2-7-13-20)22(43-28)18-42-29(38)19-10-4-1-5-11-19/h1-17,22,24-25,28H,18H2,(H,34,35,41)/t22-,24-,25-,28-/m1/s1. The minimum atomic E-state index is -1.63. The molecular formula is C32H24N4O9. The summed E-state index contributed by atoms with van der Waals surface area (Å²) in [6, 6.07) is 24.1. The van der Waals surface area contributed by atoms with E-state index in [0.717, 1.165) is 0 Å². The summed E-state index contributed by atoms with van der Waals surface area (Å²) in [6.45, 7) is -0.490. The highest BCUT2D eigenvalue weighted by Gasteiger charge is 2.52. The number of rotatable bonds is 8. The van der Waals surface area contributed by atoms with Crippen molar-refractivity contribution in [2.45, 2.75) is 24.5 Å². The molecule has 0 amide bonds. The lowest BCUT2D eigenvalue weighted by atomic mass is 10.1. The Balaban J connectivity index is 1.41. The third-order valence-corrected chi connectivity index (χ3v) is 7.00. The van der Waals surface area contributed by atoms with Crippen molar-refractivity contribution in [3.8, 4) is 0 Å². The molecule has 0 radical (unpaired) electrons. The molecular weight excluding hydrogens is 584 g/mol. The molecule has 13 heteroatoms. The van der Waals surface area contributed by atoms with E-state index in [1.54, 1.807) is 66.7 Å². The van der Waals surface area contributed by atoms with Crippen LogP contribution < -0.4 is 11.2 Å². The van der Waals surface area contributed by atoms with Crippen LogP contribution in [0, 0.1) is 0 Å². The van der Waals surface area contributed by atoms with E-state index in [4.69, 9.17) is 18.9 Å². The van der Waals surface area contributed by atoms with Crippen LogP contribution >= 0.6 is 0 Å². The second kappa shape index (κ2) is 12.7. The highest BCUT2D eigenvalue weighted by atomic mass is 16.7. The number of H-pyrrole nitrogens is 1. The summed E-state index contributed by atoms with van der Waals surface area (Å²) in [6.07, 6.45) is -3.34. The summed E-state index contributed by atoms with van der Waals surface area (Å²) >= 11 is 0. The van der Waals surface area contributed by atoms with Gasteiger partial charge in [0.15, 0.2) is 29.6 Å². The highest BCUT2D eigenvalue weighted by Crippen LogP contribution is 2.34. The quantitative estimate of drug-likeness (QED) is 0.203. The molecule has 6 rings (SSSR count). The second-order valence-corrected chi connectivity index (χ2v) is 9.86. The van der Waals surface area contributed by atoms with Gasteiger partial charge in [-0.15, -0.1) is 0 Å². The Morgan fingerprint density at radius 2 is 1.22 bits per heavy atom. The molecule has 0 aliphatic carbocycles. The molecule has 0 spiro atoms. The van der Waals surface area contributed by atoms with Gasteiger partial charge in [-0.2, -0.15) is 0 Å². The fraction of sp³-hybridized carbons (Fsp3) is 0.156. The molecule has 0 saturated carbocycles. The number of aromatic nitrogens is 4. The van der Waals surface area contributed by atoms with Gasteiger partial charge in [0.05, 0.1) is 16.7 Å². The molecule has 5 aromatic rings. The number of hydrogen-bond donors (Lipinski definition) is 1. The highest BCUT2D eigenvalue weighted by molar-refractivity contribution is 5.91. The fourth-order valence-corrected chi connectivity index (χ4v) is 4.85. The zero-order valence-corrected chi connectivity index (χ0v) is 23.3. The summed E-state index contributed by atoms with van der Waals surface area (Å²) in [4.78, 5) is 76.7. The third kappa shape index (κ3) is 6.10. The Kier molecular flexibility index (Phi) is 8.24. The SMILES string of the molecule is O=C(OC[C@H]1O[C@@H](n2c(=O)[nH]c3nccnc3c2=O)[C@H](OC(=O)c2ccccc2)[C@@H]1OC(=O)c1ccccc1)c1ccccc1. The molecule has 0 unspecified atom stereocenters. The van der Waals surface area contributed by atoms with Crippen LogP contribution in [0.1, 0.15) is 37.3 Å². The number of hydrogen-bond acceptors (Lipinski definition) is 11. The largest absolute Gasteiger partial charge is 0.459 e. The first-order valence-electron chi connectivity index (χ1n) is 13.8. The third-order valence-electron chi connectivity index (χ3n) is 7.00. The van der Waals surface area contributed by atoms with E-state index in [2.05, 4.69) is 15.0 Å². The van der Waals surface area contributed by atoms with Crippen LogP contribution in [0.25, 0.3) is 11.2 Å². The van der Waals surface area contributed by atoms with Crippen molar-refractivity contribution in [2.24, 2.45) is 0 Å². The molecule has 1 aliphatic rings. The molecule has 3 heterocycles. The van der Waals surface area contributed by atoms with Gasteiger partial charge in [-0.05, 0) is 36.4 Å². The Bertz CT molecular complexity index is 1960. The van der Waals surface area contributed by atoms with Crippen LogP contribution in [-0.2, 0) is 18.9 Å². The molecule has 1 N–H and O–H groups in total. The van der Waals surface area contributed by atoms with Crippen LogP contribution in [0.4, 0.5) is 0 Å². The maximum Gasteiger partial charge on any atom is 0.338 e. The van der Waals surface area contributed by atoms with E-state index in [0.29, 0.717) is 4.57 Å². The second-order valence-electron chi connectivity index (χ2n) is 9.86. The molecule has 3 aromatic carbocycles. The van der Waals surface area contributed by atoms with E-state index < -0.39 is 60.3 Å². The van der Waals surface area contributed by atoms with Crippen molar-refractivity contribution >= 4 is 29.1 Å². The first-order valence-corrected chi connectivity index (χ1v) is 13.8. The molecule has 1 aliphatic heterocycles. The summed E-state index contributed by atoms with van der Waals surface area (Å²) < 4.78 is 23.9. The normalized spacial score (nSPS) is 19.1. The van der Waals surface area contributed by atoms with Gasteiger partial charge in [0.2, 0.25) is 0 Å². The van der Waals surface area contributed by atoms with Gasteiger partial charge >= 0.3 is 23.6 Å². The first kappa shape index (κ1) is 29.1. The maximum absolute atomic E-state index is 13.6. The molecule has 226 valence electrons. The van der Waals surface area contributed by atoms with Crippen molar-refractivity contribution in [3.05, 3.63) is 141 Å². The van der Waals surface area contributed by atoms with Gasteiger partial charge in [-0.1, -0.05) is 54.6 Å². The maximum atomic E-state index is 13.6. The number of carbonyl (C=O) groups is 3. The summed E-state index contributed by atoms with van der Waals surface area (Å²) in [5.41, 5.74) is -1.54. The molecule has 45 heavy (non-hydrogen) atoms. The van der Waals surface area contributed by atoms with Crippen molar-refractivity contribution in [2.75, 3.05) is 6.61 Å². The molecule has 2 aromatic heterocycles. The number of nitrogens with one attached hydrogen (secondary N) is 1. The summed E-state index contributed by atoms with van der Waals surface area (Å²) in [5, 5.41) is 0. The first-order chi connectivity index (χ1) is 21.9. The van der Waals surface area contributed by atoms with Crippen molar-refractivity contribution in [1.29, 1.82) is 0 Å². The number of ether oxygens (including phenoxy) is 4. The van der Waals surface area contributed by atoms with Crippen LogP contribution in [0.2, 0.25) is 0 Å². The van der Waals surface area contributed by atoms with Crippen LogP contribution in [0.5, 0.6) is 0 Å².